The van der Waals surface area contributed by atoms with Crippen LogP contribution in [0.1, 0.15) is 5.56 Å². The zero-order valence-electron chi connectivity index (χ0n) is 8.89. The number of aryl methyl sites for hydroxylation is 1. The van der Waals surface area contributed by atoms with Crippen LogP contribution < -0.4 is 5.73 Å². The van der Waals surface area contributed by atoms with Gasteiger partial charge in [0, 0.05) is 7.05 Å². The molecule has 0 aromatic heterocycles. The van der Waals surface area contributed by atoms with Gasteiger partial charge in [0.15, 0.2) is 0 Å². The van der Waals surface area contributed by atoms with Crippen molar-refractivity contribution in [1.82, 2.24) is 4.47 Å². The minimum absolute atomic E-state index is 0.0532. The van der Waals surface area contributed by atoms with Gasteiger partial charge < -0.3 is 5.73 Å². The molecule has 0 amide bonds. The number of hydroxylamine groups is 1. The lowest BCUT2D eigenvalue weighted by Gasteiger charge is -2.15. The van der Waals surface area contributed by atoms with E-state index in [-0.39, 0.29) is 10.6 Å². The zero-order chi connectivity index (χ0) is 11.6. The Kier molecular flexibility index (Phi) is 3.33. The van der Waals surface area contributed by atoms with E-state index in [0.29, 0.717) is 0 Å². The lowest BCUT2D eigenvalue weighted by molar-refractivity contribution is -0.0258. The number of sulfonamides is 1. The molecule has 15 heavy (non-hydrogen) atoms. The van der Waals surface area contributed by atoms with Gasteiger partial charge in [-0.05, 0) is 24.6 Å². The van der Waals surface area contributed by atoms with E-state index < -0.39 is 10.0 Å². The molecule has 1 aromatic rings. The second-order valence-electron chi connectivity index (χ2n) is 3.14. The Morgan fingerprint density at radius 2 is 2.00 bits per heavy atom. The maximum Gasteiger partial charge on any atom is 0.266 e. The Morgan fingerprint density at radius 3 is 2.47 bits per heavy atom. The smallest absolute Gasteiger partial charge is 0.266 e. The molecular weight excluding hydrogens is 216 g/mol. The summed E-state index contributed by atoms with van der Waals surface area (Å²) in [6.45, 7) is 1.84. The second-order valence-corrected chi connectivity index (χ2v) is 5.04. The summed E-state index contributed by atoms with van der Waals surface area (Å²) >= 11 is 0. The average Bonchev–Trinajstić information content (AvgIpc) is 2.15. The summed E-state index contributed by atoms with van der Waals surface area (Å²) < 4.78 is 24.4. The molecule has 5 nitrogen and oxygen atoms in total. The first-order chi connectivity index (χ1) is 6.89. The van der Waals surface area contributed by atoms with Crippen molar-refractivity contribution in [2.45, 2.75) is 11.8 Å². The molecule has 0 saturated carbocycles. The fraction of sp³-hybridized carbons (Fsp3) is 0.333. The lowest BCUT2D eigenvalue weighted by atomic mass is 10.2. The number of hydrogen-bond donors (Lipinski definition) is 1. The summed E-state index contributed by atoms with van der Waals surface area (Å²) in [7, 11) is -1.06. The van der Waals surface area contributed by atoms with Crippen LogP contribution in [0.15, 0.2) is 23.1 Å². The monoisotopic (exact) mass is 230 g/mol. The predicted octanol–water partition coefficient (Wildman–Crippen LogP) is 0.759. The van der Waals surface area contributed by atoms with Crippen LogP contribution >= 0.6 is 0 Å². The normalized spacial score (nSPS) is 12.0. The quantitative estimate of drug-likeness (QED) is 0.614. The molecule has 0 radical (unpaired) electrons. The van der Waals surface area contributed by atoms with E-state index in [1.165, 1.54) is 20.2 Å². The number of nitrogens with two attached hydrogens (primary N) is 1. The maximum atomic E-state index is 11.8. The largest absolute Gasteiger partial charge is 0.398 e. The van der Waals surface area contributed by atoms with Gasteiger partial charge in [-0.15, -0.1) is 0 Å². The Hall–Kier alpha value is -1.11. The molecule has 2 N–H and O–H groups in total. The van der Waals surface area contributed by atoms with Gasteiger partial charge in [0.05, 0.1) is 12.8 Å². The van der Waals surface area contributed by atoms with Gasteiger partial charge >= 0.3 is 0 Å². The Labute approximate surface area is 89.5 Å². The number of nitrogens with zero attached hydrogens (tertiary/aromatic N) is 1. The molecule has 84 valence electrons. The summed E-state index contributed by atoms with van der Waals surface area (Å²) in [6, 6.07) is 4.76. The highest BCUT2D eigenvalue weighted by atomic mass is 32.2. The molecule has 0 aliphatic heterocycles. The number of rotatable bonds is 3. The maximum absolute atomic E-state index is 11.8. The van der Waals surface area contributed by atoms with Crippen molar-refractivity contribution in [1.29, 1.82) is 0 Å². The van der Waals surface area contributed by atoms with Gasteiger partial charge in [-0.1, -0.05) is 10.5 Å². The Balaban J connectivity index is 3.28. The number of nitrogen functional groups attached to an aromatic ring is 1. The number of hydrogen-bond acceptors (Lipinski definition) is 4. The van der Waals surface area contributed by atoms with Gasteiger partial charge in [0.25, 0.3) is 10.0 Å². The summed E-state index contributed by atoms with van der Waals surface area (Å²) in [5.74, 6) is 0. The van der Waals surface area contributed by atoms with Crippen LogP contribution in [-0.2, 0) is 14.9 Å². The molecule has 0 fully saturated rings. The van der Waals surface area contributed by atoms with Crippen LogP contribution in [0, 0.1) is 6.92 Å². The minimum atomic E-state index is -3.65. The number of anilines is 1. The van der Waals surface area contributed by atoms with E-state index in [4.69, 9.17) is 5.73 Å². The van der Waals surface area contributed by atoms with Crippen LogP contribution in [-0.4, -0.2) is 27.0 Å². The van der Waals surface area contributed by atoms with Gasteiger partial charge in [-0.3, -0.25) is 4.84 Å². The van der Waals surface area contributed by atoms with Crippen LogP contribution in [0.25, 0.3) is 0 Å². The molecule has 0 atom stereocenters. The van der Waals surface area contributed by atoms with E-state index in [0.717, 1.165) is 10.0 Å². The van der Waals surface area contributed by atoms with Crippen LogP contribution in [0.4, 0.5) is 5.69 Å². The van der Waals surface area contributed by atoms with Crippen LogP contribution in [0.5, 0.6) is 0 Å². The Morgan fingerprint density at radius 1 is 1.40 bits per heavy atom. The fourth-order valence-corrected chi connectivity index (χ4v) is 2.21. The average molecular weight is 230 g/mol. The molecule has 6 heteroatoms. The SMILES string of the molecule is CON(C)S(=O)(=O)c1ccc(C)cc1N. The van der Waals surface area contributed by atoms with Crippen molar-refractivity contribution in [2.75, 3.05) is 19.9 Å². The Bertz CT molecular complexity index is 456. The van der Waals surface area contributed by atoms with E-state index in [2.05, 4.69) is 4.84 Å². The van der Waals surface area contributed by atoms with Crippen molar-refractivity contribution in [2.24, 2.45) is 0 Å². The molecule has 0 aliphatic carbocycles. The van der Waals surface area contributed by atoms with E-state index in [1.807, 2.05) is 6.92 Å². The highest BCUT2D eigenvalue weighted by Crippen LogP contribution is 2.22. The van der Waals surface area contributed by atoms with Crippen molar-refractivity contribution < 1.29 is 13.3 Å². The summed E-state index contributed by atoms with van der Waals surface area (Å²) in [5.41, 5.74) is 6.77. The molecular formula is C9H14N2O3S. The lowest BCUT2D eigenvalue weighted by Crippen LogP contribution is -2.26. The minimum Gasteiger partial charge on any atom is -0.398 e. The highest BCUT2D eigenvalue weighted by molar-refractivity contribution is 7.89. The number of benzene rings is 1. The molecule has 0 unspecified atom stereocenters. The third kappa shape index (κ3) is 2.28. The second kappa shape index (κ2) is 4.18. The molecule has 0 aliphatic rings. The first-order valence-electron chi connectivity index (χ1n) is 4.28. The molecule has 1 aromatic carbocycles. The zero-order valence-corrected chi connectivity index (χ0v) is 9.71. The van der Waals surface area contributed by atoms with E-state index in [9.17, 15) is 8.42 Å². The molecule has 0 saturated heterocycles. The van der Waals surface area contributed by atoms with Gasteiger partial charge in [0.1, 0.15) is 4.90 Å². The van der Waals surface area contributed by atoms with Gasteiger partial charge in [-0.25, -0.2) is 8.42 Å². The molecule has 0 heterocycles. The third-order valence-corrected chi connectivity index (χ3v) is 3.79. The summed E-state index contributed by atoms with van der Waals surface area (Å²) in [6.07, 6.45) is 0. The van der Waals surface area contributed by atoms with Crippen LogP contribution in [0.2, 0.25) is 0 Å². The third-order valence-electron chi connectivity index (χ3n) is 2.04. The standard InChI is InChI=1S/C9H14N2O3S/c1-7-4-5-9(8(10)6-7)15(12,13)11(2)14-3/h4-6H,10H2,1-3H3. The van der Waals surface area contributed by atoms with Crippen molar-refractivity contribution in [3.63, 3.8) is 0 Å². The summed E-state index contributed by atoms with van der Waals surface area (Å²) in [4.78, 5) is 4.70. The van der Waals surface area contributed by atoms with Gasteiger partial charge in [-0.2, -0.15) is 0 Å². The van der Waals surface area contributed by atoms with E-state index in [1.54, 1.807) is 12.1 Å². The fourth-order valence-electron chi connectivity index (χ4n) is 1.14. The van der Waals surface area contributed by atoms with Crippen molar-refractivity contribution in [3.05, 3.63) is 23.8 Å². The topological polar surface area (TPSA) is 72.6 Å². The van der Waals surface area contributed by atoms with Gasteiger partial charge in [0.2, 0.25) is 0 Å². The molecule has 1 rings (SSSR count). The predicted molar refractivity (Wildman–Crippen MR) is 57.5 cm³/mol. The van der Waals surface area contributed by atoms with Crippen molar-refractivity contribution >= 4 is 15.7 Å². The molecule has 0 bridgehead atoms. The first-order valence-corrected chi connectivity index (χ1v) is 5.72. The van der Waals surface area contributed by atoms with Crippen molar-refractivity contribution in [3.8, 4) is 0 Å². The first kappa shape index (κ1) is 12.0. The summed E-state index contributed by atoms with van der Waals surface area (Å²) in [5, 5.41) is 0. The highest BCUT2D eigenvalue weighted by Gasteiger charge is 2.22. The molecule has 0 spiro atoms. The van der Waals surface area contributed by atoms with E-state index >= 15 is 0 Å². The van der Waals surface area contributed by atoms with Crippen LogP contribution in [0.3, 0.4) is 0 Å².